The van der Waals surface area contributed by atoms with E-state index in [0.717, 1.165) is 17.5 Å². The van der Waals surface area contributed by atoms with Crippen molar-refractivity contribution in [3.63, 3.8) is 0 Å². The molecule has 0 radical (unpaired) electrons. The van der Waals surface area contributed by atoms with E-state index in [0.29, 0.717) is 73.8 Å². The Balaban J connectivity index is 0.000000231. The molecule has 0 aromatic heterocycles. The van der Waals surface area contributed by atoms with Gasteiger partial charge >= 0.3 is 12.2 Å². The minimum atomic E-state index is -4.08. The number of nitrogens with zero attached hydrogens (tertiary/aromatic N) is 2. The molecule has 6 aliphatic heterocycles. The predicted octanol–water partition coefficient (Wildman–Crippen LogP) is 4.67. The molecule has 6 aliphatic rings. The van der Waals surface area contributed by atoms with Gasteiger partial charge in [0.2, 0.25) is 44.8 Å². The highest BCUT2D eigenvalue weighted by atomic mass is 35.5. The number of hydrogen-bond donors (Lipinski definition) is 6. The molecule has 4 aromatic rings. The lowest BCUT2D eigenvalue weighted by Crippen LogP contribution is -2.51. The quantitative estimate of drug-likeness (QED) is 0.0318. The molecule has 10 atom stereocenters. The number of halogens is 1. The zero-order valence-corrected chi connectivity index (χ0v) is 56.4. The van der Waals surface area contributed by atoms with E-state index in [1.54, 1.807) is 48.5 Å². The summed E-state index contributed by atoms with van der Waals surface area (Å²) in [7, 11) is -8.13. The molecule has 0 saturated carbocycles. The zero-order valence-electron chi connectivity index (χ0n) is 54.0. The Bertz CT molecular complexity index is 3410. The number of amides is 3. The van der Waals surface area contributed by atoms with Gasteiger partial charge in [-0.2, -0.15) is 8.61 Å². The monoisotopic (exact) mass is 1390 g/mol. The fourth-order valence-electron chi connectivity index (χ4n) is 11.2. The summed E-state index contributed by atoms with van der Waals surface area (Å²) in [5, 5.41) is 31.0. The van der Waals surface area contributed by atoms with Crippen molar-refractivity contribution >= 4 is 55.0 Å². The Morgan fingerprint density at radius 3 is 1.38 bits per heavy atom. The lowest BCUT2D eigenvalue weighted by atomic mass is 10.0. The Kier molecular flexibility index (Phi) is 27.2. The van der Waals surface area contributed by atoms with Gasteiger partial charge in [-0.1, -0.05) is 52.0 Å². The summed E-state index contributed by atoms with van der Waals surface area (Å²) >= 11 is 4.64. The van der Waals surface area contributed by atoms with Gasteiger partial charge in [0.15, 0.2) is 35.6 Å². The maximum atomic E-state index is 13.9. The normalized spacial score (nSPS) is 21.1. The predicted molar refractivity (Wildman–Crippen MR) is 342 cm³/mol. The standard InChI is InChI=1S/C32H43N3O11S.C30H41N3O10S.C2H3ClO/c1-20(2)16-35(47(39,40)24-8-9-28-29(15-24)45-19-44-28)17-27(37)26(34-32(38)46-30-18-43-31-25(30)10-12-42-31)14-22-4-6-23(7-5-22)41-13-11-33-21(3)36;1-19(2)15-33(44(36,37)22-7-8-26-27(14-22)42-18-41-26)16-25(34)24(13-20-3-5-21(6-4-20)38-12-10-31)32-30(35)43-28-17-40-29-23(28)9-11-39-29;1-2(3)4/h4-9,15,20,25-27,30-31,37H,10-14,16-19H2,1-3H3,(H,33,36)(H,34,38);3-8,14,19,23-25,28-29,34H,9-13,15-18,31H2,1-2H3,(H,32,35);1H3/t25-,26-,27+,30-,31+;23-,24-,25+,28-,29+;/m00./s1. The topological polar surface area (TPSA) is 356 Å². The molecule has 0 aliphatic carbocycles. The summed E-state index contributed by atoms with van der Waals surface area (Å²) < 4.78 is 124. The molecule has 0 spiro atoms. The van der Waals surface area contributed by atoms with Crippen LogP contribution in [0.2, 0.25) is 0 Å². The van der Waals surface area contributed by atoms with Crippen LogP contribution in [0.4, 0.5) is 9.59 Å². The Morgan fingerprint density at radius 2 is 0.989 bits per heavy atom. The van der Waals surface area contributed by atoms with Crippen molar-refractivity contribution in [2.45, 2.75) is 126 Å². The molecule has 6 heterocycles. The number of carbonyl (C=O) groups excluding carboxylic acids is 4. The molecular formula is C64H87ClN6O22S2. The number of hydrogen-bond acceptors (Lipinski definition) is 23. The smallest absolute Gasteiger partial charge is 0.407 e. The number of alkyl carbamates (subject to hydrolysis) is 2. The molecule has 95 heavy (non-hydrogen) atoms. The Hall–Kier alpha value is -6.81. The highest BCUT2D eigenvalue weighted by Gasteiger charge is 2.46. The fourth-order valence-corrected chi connectivity index (χ4v) is 14.5. The molecule has 3 amide bonds. The molecular weight excluding hydrogens is 1300 g/mol. The average Bonchev–Trinajstić information content (AvgIpc) is 1.80. The van der Waals surface area contributed by atoms with Crippen LogP contribution in [0.5, 0.6) is 34.5 Å². The molecule has 10 rings (SSSR count). The SMILES string of the molecule is CC(=O)Cl.CC(=O)NCCOc1ccc(C[C@H](NC(=O)O[C@H]2CO[C@H]3OCC[C@H]32)[C@H](O)CN(CC(C)C)S(=O)(=O)c2ccc3c(c2)OCO3)cc1.CC(C)CN(C[C@@H](O)[C@H](Cc1ccc(OCCN)cc1)NC(=O)O[C@H]1CO[C@H]2OCC[C@H]21)S(=O)(=O)c1ccc2c(c1)OCO2. The molecule has 4 saturated heterocycles. The van der Waals surface area contributed by atoms with Crippen LogP contribution in [-0.4, -0.2) is 201 Å². The summed E-state index contributed by atoms with van der Waals surface area (Å²) in [4.78, 5) is 46.6. The van der Waals surface area contributed by atoms with Crippen molar-refractivity contribution in [1.29, 1.82) is 0 Å². The van der Waals surface area contributed by atoms with E-state index in [2.05, 4.69) is 27.6 Å². The maximum Gasteiger partial charge on any atom is 0.407 e. The van der Waals surface area contributed by atoms with Crippen molar-refractivity contribution in [1.82, 2.24) is 24.6 Å². The Morgan fingerprint density at radius 1 is 0.589 bits per heavy atom. The van der Waals surface area contributed by atoms with Crippen LogP contribution in [0.25, 0.3) is 0 Å². The summed E-state index contributed by atoms with van der Waals surface area (Å²) in [5.41, 5.74) is 7.07. The third-order valence-electron chi connectivity index (χ3n) is 15.8. The summed E-state index contributed by atoms with van der Waals surface area (Å²) in [6, 6.07) is 21.3. The molecule has 31 heteroatoms. The number of ether oxygens (including phenoxy) is 12. The van der Waals surface area contributed by atoms with Gasteiger partial charge in [-0.15, -0.1) is 0 Å². The largest absolute Gasteiger partial charge is 0.492 e. The van der Waals surface area contributed by atoms with Crippen molar-refractivity contribution in [3.8, 4) is 34.5 Å². The molecule has 4 aromatic carbocycles. The second kappa shape index (κ2) is 34.9. The van der Waals surface area contributed by atoms with Crippen LogP contribution in [-0.2, 0) is 70.9 Å². The number of nitrogens with one attached hydrogen (secondary N) is 3. The second-order valence-corrected chi connectivity index (χ2v) is 28.6. The summed E-state index contributed by atoms with van der Waals surface area (Å²) in [6.07, 6.45) is -4.08. The van der Waals surface area contributed by atoms with Gasteiger partial charge in [0, 0.05) is 58.7 Å². The number of carbonyl (C=O) groups is 4. The van der Waals surface area contributed by atoms with E-state index in [1.165, 1.54) is 46.7 Å². The van der Waals surface area contributed by atoms with Crippen molar-refractivity contribution in [2.75, 3.05) is 92.5 Å². The van der Waals surface area contributed by atoms with E-state index in [1.807, 2.05) is 39.8 Å². The minimum absolute atomic E-state index is 0.00202. The summed E-state index contributed by atoms with van der Waals surface area (Å²) in [5.74, 6) is 2.40. The molecule has 7 N–H and O–H groups in total. The number of nitrogens with two attached hydrogens (primary N) is 1. The van der Waals surface area contributed by atoms with Crippen molar-refractivity contribution in [3.05, 3.63) is 96.1 Å². The molecule has 0 bridgehead atoms. The minimum Gasteiger partial charge on any atom is -0.492 e. The fraction of sp³-hybridized carbons (Fsp3) is 0.562. The first-order valence-electron chi connectivity index (χ1n) is 31.5. The van der Waals surface area contributed by atoms with Crippen LogP contribution in [0.3, 0.4) is 0 Å². The first kappa shape index (κ1) is 74.0. The molecule has 0 unspecified atom stereocenters. The van der Waals surface area contributed by atoms with Crippen molar-refractivity contribution < 1.29 is 103 Å². The number of aliphatic hydroxyl groups is 2. The number of aliphatic hydroxyl groups excluding tert-OH is 2. The van der Waals surface area contributed by atoms with Crippen LogP contribution in [0.15, 0.2) is 94.7 Å². The first-order chi connectivity index (χ1) is 45.4. The third-order valence-corrected chi connectivity index (χ3v) is 19.4. The maximum absolute atomic E-state index is 13.9. The van der Waals surface area contributed by atoms with Gasteiger partial charge in [-0.3, -0.25) is 9.59 Å². The molecule has 28 nitrogen and oxygen atoms in total. The van der Waals surface area contributed by atoms with Crippen LogP contribution < -0.4 is 50.1 Å². The lowest BCUT2D eigenvalue weighted by Gasteiger charge is -2.31. The van der Waals surface area contributed by atoms with E-state index in [4.69, 9.17) is 62.6 Å². The molecule has 524 valence electrons. The van der Waals surface area contributed by atoms with Gasteiger partial charge < -0.3 is 88.7 Å². The zero-order chi connectivity index (χ0) is 68.4. The van der Waals surface area contributed by atoms with Gasteiger partial charge in [0.05, 0.1) is 78.9 Å². The second-order valence-electron chi connectivity index (χ2n) is 24.2. The summed E-state index contributed by atoms with van der Waals surface area (Å²) in [6.45, 7) is 12.8. The number of sulfonamides is 2. The van der Waals surface area contributed by atoms with E-state index < -0.39 is 75.0 Å². The van der Waals surface area contributed by atoms with Crippen LogP contribution in [0, 0.1) is 23.7 Å². The highest BCUT2D eigenvalue weighted by molar-refractivity contribution is 7.89. The van der Waals surface area contributed by atoms with Crippen LogP contribution >= 0.6 is 11.6 Å². The van der Waals surface area contributed by atoms with Crippen molar-refractivity contribution in [2.24, 2.45) is 29.4 Å². The lowest BCUT2D eigenvalue weighted by molar-refractivity contribution is -0.119. The average molecular weight is 1390 g/mol. The van der Waals surface area contributed by atoms with Gasteiger partial charge in [-0.25, -0.2) is 26.4 Å². The van der Waals surface area contributed by atoms with E-state index in [-0.39, 0.29) is 123 Å². The Labute approximate surface area is 558 Å². The number of fused-ring (bicyclic) bond motifs is 4. The molecule has 4 fully saturated rings. The van der Waals surface area contributed by atoms with E-state index in [9.17, 15) is 46.2 Å². The van der Waals surface area contributed by atoms with E-state index >= 15 is 0 Å². The van der Waals surface area contributed by atoms with Gasteiger partial charge in [0.25, 0.3) is 0 Å². The van der Waals surface area contributed by atoms with Gasteiger partial charge in [0.1, 0.15) is 36.9 Å². The number of benzene rings is 4. The third kappa shape index (κ3) is 21.3. The van der Waals surface area contributed by atoms with Crippen LogP contribution in [0.1, 0.15) is 65.5 Å². The highest BCUT2D eigenvalue weighted by Crippen LogP contribution is 2.38. The van der Waals surface area contributed by atoms with Gasteiger partial charge in [-0.05, 0) is 109 Å². The number of rotatable bonds is 29. The first-order valence-corrected chi connectivity index (χ1v) is 34.7.